The number of hydrogen-bond donors (Lipinski definition) is 1. The monoisotopic (exact) mass is 296 g/mol. The van der Waals surface area contributed by atoms with Gasteiger partial charge in [0.05, 0.1) is 17.2 Å². The predicted octanol–water partition coefficient (Wildman–Crippen LogP) is 2.19. The largest absolute Gasteiger partial charge is 0.493 e. The Balaban J connectivity index is 1.92. The molecule has 1 aliphatic rings. The van der Waals surface area contributed by atoms with E-state index in [2.05, 4.69) is 9.71 Å². The maximum absolute atomic E-state index is 12.2. The molecule has 3 rings (SSSR count). The van der Waals surface area contributed by atoms with E-state index >= 15 is 0 Å². The summed E-state index contributed by atoms with van der Waals surface area (Å²) in [5.74, 6) is 0.768. The summed E-state index contributed by atoms with van der Waals surface area (Å²) in [7, 11) is -3.58. The minimum Gasteiger partial charge on any atom is -0.493 e. The topological polar surface area (TPSA) is 68.3 Å². The van der Waals surface area contributed by atoms with Gasteiger partial charge >= 0.3 is 0 Å². The highest BCUT2D eigenvalue weighted by Gasteiger charge is 2.20. The van der Waals surface area contributed by atoms with Gasteiger partial charge in [0.2, 0.25) is 0 Å². The summed E-state index contributed by atoms with van der Waals surface area (Å²) in [5, 5.41) is 2.18. The van der Waals surface area contributed by atoms with Crippen LogP contribution in [0.15, 0.2) is 28.5 Å². The number of aryl methyl sites for hydroxylation is 1. The van der Waals surface area contributed by atoms with Crippen LogP contribution in [0.25, 0.3) is 0 Å². The zero-order chi connectivity index (χ0) is 13.5. The second-order valence-electron chi connectivity index (χ2n) is 4.27. The molecule has 0 unspecified atom stereocenters. The van der Waals surface area contributed by atoms with Gasteiger partial charge in [-0.05, 0) is 30.7 Å². The molecule has 0 saturated heterocycles. The molecule has 2 aromatic rings. The standard InChI is InChI=1S/C12H12N2O3S2/c1-8-7-18-12(13-8)14-19(15,16)10-2-3-11-9(6-10)4-5-17-11/h2-3,6-7H,4-5H2,1H3,(H,13,14). The van der Waals surface area contributed by atoms with Gasteiger partial charge in [0.25, 0.3) is 10.0 Å². The lowest BCUT2D eigenvalue weighted by Crippen LogP contribution is -2.12. The molecule has 0 fully saturated rings. The van der Waals surface area contributed by atoms with Gasteiger partial charge in [-0.2, -0.15) is 0 Å². The molecule has 5 nitrogen and oxygen atoms in total. The van der Waals surface area contributed by atoms with Crippen molar-refractivity contribution >= 4 is 26.5 Å². The van der Waals surface area contributed by atoms with Crippen LogP contribution in [0.2, 0.25) is 0 Å². The number of anilines is 1. The smallest absolute Gasteiger partial charge is 0.263 e. The number of nitrogens with zero attached hydrogens (tertiary/aromatic N) is 1. The van der Waals surface area contributed by atoms with Crippen LogP contribution in [0.3, 0.4) is 0 Å². The molecular weight excluding hydrogens is 284 g/mol. The van der Waals surface area contributed by atoms with Crippen molar-refractivity contribution in [1.82, 2.24) is 4.98 Å². The van der Waals surface area contributed by atoms with E-state index in [0.29, 0.717) is 11.7 Å². The van der Waals surface area contributed by atoms with Gasteiger partial charge in [0.1, 0.15) is 5.75 Å². The van der Waals surface area contributed by atoms with Gasteiger partial charge in [-0.25, -0.2) is 13.4 Å². The van der Waals surface area contributed by atoms with E-state index in [1.807, 2.05) is 6.92 Å². The van der Waals surface area contributed by atoms with Gasteiger partial charge in [0.15, 0.2) is 5.13 Å². The lowest BCUT2D eigenvalue weighted by atomic mass is 10.2. The zero-order valence-electron chi connectivity index (χ0n) is 10.2. The summed E-state index contributed by atoms with van der Waals surface area (Å²) in [6.45, 7) is 2.43. The minimum absolute atomic E-state index is 0.240. The highest BCUT2D eigenvalue weighted by molar-refractivity contribution is 7.93. The molecule has 1 aromatic heterocycles. The fourth-order valence-corrected chi connectivity index (χ4v) is 3.90. The molecule has 0 aliphatic carbocycles. The van der Waals surface area contributed by atoms with Gasteiger partial charge < -0.3 is 4.74 Å². The van der Waals surface area contributed by atoms with Crippen molar-refractivity contribution in [3.05, 3.63) is 34.8 Å². The Morgan fingerprint density at radius 2 is 2.26 bits per heavy atom. The van der Waals surface area contributed by atoms with Crippen LogP contribution in [-0.4, -0.2) is 20.0 Å². The van der Waals surface area contributed by atoms with Crippen molar-refractivity contribution in [1.29, 1.82) is 0 Å². The van der Waals surface area contributed by atoms with Crippen molar-refractivity contribution < 1.29 is 13.2 Å². The van der Waals surface area contributed by atoms with E-state index in [0.717, 1.165) is 23.4 Å². The number of hydrogen-bond acceptors (Lipinski definition) is 5. The minimum atomic E-state index is -3.58. The molecule has 100 valence electrons. The first kappa shape index (κ1) is 12.4. The average molecular weight is 296 g/mol. The maximum atomic E-state index is 12.2. The van der Waals surface area contributed by atoms with Crippen LogP contribution in [-0.2, 0) is 16.4 Å². The number of aromatic nitrogens is 1. The Kier molecular flexibility index (Phi) is 2.94. The van der Waals surface area contributed by atoms with Gasteiger partial charge in [-0.3, -0.25) is 4.72 Å². The van der Waals surface area contributed by atoms with Crippen LogP contribution in [0.4, 0.5) is 5.13 Å². The molecule has 1 aliphatic heterocycles. The second kappa shape index (κ2) is 4.50. The van der Waals surface area contributed by atoms with Crippen LogP contribution in [0.5, 0.6) is 5.75 Å². The molecule has 0 saturated carbocycles. The average Bonchev–Trinajstić information content (AvgIpc) is 2.96. The van der Waals surface area contributed by atoms with Crippen molar-refractivity contribution in [2.75, 3.05) is 11.3 Å². The van der Waals surface area contributed by atoms with Crippen molar-refractivity contribution in [3.63, 3.8) is 0 Å². The lowest BCUT2D eigenvalue weighted by molar-refractivity contribution is 0.356. The SMILES string of the molecule is Cc1csc(NS(=O)(=O)c2ccc3c(c2)CCO3)n1. The van der Waals surface area contributed by atoms with Gasteiger partial charge in [-0.15, -0.1) is 11.3 Å². The van der Waals surface area contributed by atoms with Gasteiger partial charge in [0, 0.05) is 11.8 Å². The first-order valence-electron chi connectivity index (χ1n) is 5.75. The van der Waals surface area contributed by atoms with Crippen molar-refractivity contribution in [2.24, 2.45) is 0 Å². The summed E-state index contributed by atoms with van der Waals surface area (Å²) >= 11 is 1.27. The van der Waals surface area contributed by atoms with E-state index in [9.17, 15) is 8.42 Å². The third kappa shape index (κ3) is 2.43. The van der Waals surface area contributed by atoms with Gasteiger partial charge in [-0.1, -0.05) is 0 Å². The molecular formula is C12H12N2O3S2. The normalized spacial score (nSPS) is 13.9. The van der Waals surface area contributed by atoms with Crippen LogP contribution >= 0.6 is 11.3 Å². The number of nitrogens with one attached hydrogen (secondary N) is 1. The van der Waals surface area contributed by atoms with Crippen molar-refractivity contribution in [2.45, 2.75) is 18.2 Å². The molecule has 2 heterocycles. The first-order valence-corrected chi connectivity index (χ1v) is 8.11. The lowest BCUT2D eigenvalue weighted by Gasteiger charge is -2.06. The molecule has 19 heavy (non-hydrogen) atoms. The first-order chi connectivity index (χ1) is 9.04. The number of ether oxygens (including phenoxy) is 1. The summed E-state index contributed by atoms with van der Waals surface area (Å²) < 4.78 is 32.3. The fraction of sp³-hybridized carbons (Fsp3) is 0.250. The predicted molar refractivity (Wildman–Crippen MR) is 73.3 cm³/mol. The molecule has 0 atom stereocenters. The zero-order valence-corrected chi connectivity index (χ0v) is 11.8. The van der Waals surface area contributed by atoms with E-state index in [1.165, 1.54) is 11.3 Å². The Bertz CT molecular complexity index is 722. The Morgan fingerprint density at radius 3 is 3.00 bits per heavy atom. The number of thiazole rings is 1. The highest BCUT2D eigenvalue weighted by atomic mass is 32.2. The van der Waals surface area contributed by atoms with E-state index in [4.69, 9.17) is 4.74 Å². The highest BCUT2D eigenvalue weighted by Crippen LogP contribution is 2.28. The number of rotatable bonds is 3. The number of fused-ring (bicyclic) bond motifs is 1. The third-order valence-electron chi connectivity index (χ3n) is 2.81. The second-order valence-corrected chi connectivity index (χ2v) is 6.81. The molecule has 1 N–H and O–H groups in total. The quantitative estimate of drug-likeness (QED) is 0.942. The maximum Gasteiger partial charge on any atom is 0.263 e. The van der Waals surface area contributed by atoms with E-state index in [-0.39, 0.29) is 4.90 Å². The Hall–Kier alpha value is -1.60. The number of sulfonamides is 1. The van der Waals surface area contributed by atoms with Crippen LogP contribution in [0.1, 0.15) is 11.3 Å². The summed E-state index contributed by atoms with van der Waals surface area (Å²) in [6, 6.07) is 4.90. The molecule has 7 heteroatoms. The molecule has 0 radical (unpaired) electrons. The summed E-state index contributed by atoms with van der Waals surface area (Å²) in [4.78, 5) is 4.34. The molecule has 1 aromatic carbocycles. The van der Waals surface area contributed by atoms with Crippen molar-refractivity contribution in [3.8, 4) is 5.75 Å². The molecule has 0 amide bonds. The van der Waals surface area contributed by atoms with E-state index < -0.39 is 10.0 Å². The third-order valence-corrected chi connectivity index (χ3v) is 5.15. The summed E-state index contributed by atoms with van der Waals surface area (Å²) in [5.41, 5.74) is 1.73. The van der Waals surface area contributed by atoms with Crippen LogP contribution in [0, 0.1) is 6.92 Å². The molecule has 0 spiro atoms. The molecule has 0 bridgehead atoms. The Labute approximate surface area is 115 Å². The Morgan fingerprint density at radius 1 is 1.42 bits per heavy atom. The fourth-order valence-electron chi connectivity index (χ4n) is 1.90. The van der Waals surface area contributed by atoms with Crippen LogP contribution < -0.4 is 9.46 Å². The summed E-state index contributed by atoms with van der Waals surface area (Å²) in [6.07, 6.45) is 0.745. The number of benzene rings is 1. The van der Waals surface area contributed by atoms with E-state index in [1.54, 1.807) is 23.6 Å².